The Balaban J connectivity index is 1.22. The number of fused-ring (bicyclic) bond motifs is 1. The summed E-state index contributed by atoms with van der Waals surface area (Å²) in [6.45, 7) is 0.292. The minimum absolute atomic E-state index is 0.0391. The van der Waals surface area contributed by atoms with Crippen molar-refractivity contribution in [3.8, 4) is 16.9 Å². The van der Waals surface area contributed by atoms with Gasteiger partial charge in [0.2, 0.25) is 5.91 Å². The van der Waals surface area contributed by atoms with Gasteiger partial charge in [-0.2, -0.15) is 0 Å². The van der Waals surface area contributed by atoms with Crippen LogP contribution in [0.2, 0.25) is 5.02 Å². The molecule has 0 saturated carbocycles. The summed E-state index contributed by atoms with van der Waals surface area (Å²) in [6, 6.07) is 26.5. The molecule has 1 amide bonds. The average Bonchev–Trinajstić information content (AvgIpc) is 3.28. The number of carbonyl (C=O) groups is 2. The maximum absolute atomic E-state index is 13.0. The summed E-state index contributed by atoms with van der Waals surface area (Å²) in [5.41, 5.74) is 3.86. The molecule has 38 heavy (non-hydrogen) atoms. The van der Waals surface area contributed by atoms with E-state index in [4.69, 9.17) is 16.3 Å². The van der Waals surface area contributed by atoms with E-state index >= 15 is 0 Å². The van der Waals surface area contributed by atoms with E-state index in [-0.39, 0.29) is 31.0 Å². The molecule has 0 bridgehead atoms. The number of amides is 1. The van der Waals surface area contributed by atoms with E-state index in [9.17, 15) is 19.1 Å². The number of carbonyl (C=O) groups excluding carboxylic acids is 1. The molecule has 0 heterocycles. The molecule has 0 spiro atoms. The zero-order chi connectivity index (χ0) is 26.7. The highest BCUT2D eigenvalue weighted by Crippen LogP contribution is 2.34. The highest BCUT2D eigenvalue weighted by atomic mass is 35.5. The fourth-order valence-electron chi connectivity index (χ4n) is 4.76. The molecule has 4 aromatic rings. The first-order chi connectivity index (χ1) is 18.3. The van der Waals surface area contributed by atoms with Crippen LogP contribution in [0.3, 0.4) is 0 Å². The number of benzene rings is 4. The highest BCUT2D eigenvalue weighted by Gasteiger charge is 2.45. The number of rotatable bonds is 8. The molecule has 0 aliphatic heterocycles. The molecule has 1 aliphatic rings. The molecule has 0 aromatic heterocycles. The summed E-state index contributed by atoms with van der Waals surface area (Å²) >= 11 is 6.13. The number of aliphatic carboxylic acids is 1. The number of carboxylic acid groups (broad SMARTS) is 1. The lowest BCUT2D eigenvalue weighted by Gasteiger charge is -2.25. The lowest BCUT2D eigenvalue weighted by Crippen LogP contribution is -2.55. The second kappa shape index (κ2) is 10.7. The predicted octanol–water partition coefficient (Wildman–Crippen LogP) is 6.01. The number of ether oxygens (including phenoxy) is 1. The highest BCUT2D eigenvalue weighted by molar-refractivity contribution is 6.30. The van der Waals surface area contributed by atoms with Gasteiger partial charge in [0.05, 0.1) is 6.42 Å². The molecular weight excluding hydrogens is 505 g/mol. The van der Waals surface area contributed by atoms with Gasteiger partial charge in [-0.05, 0) is 69.8 Å². The van der Waals surface area contributed by atoms with Gasteiger partial charge in [0.1, 0.15) is 23.7 Å². The number of nitrogens with one attached hydrogen (secondary N) is 1. The zero-order valence-electron chi connectivity index (χ0n) is 20.4. The monoisotopic (exact) mass is 529 g/mol. The summed E-state index contributed by atoms with van der Waals surface area (Å²) in [6.07, 6.45) is 0.459. The molecule has 1 atom stereocenters. The average molecular weight is 530 g/mol. The largest absolute Gasteiger partial charge is 0.489 e. The van der Waals surface area contributed by atoms with E-state index in [0.29, 0.717) is 17.4 Å². The minimum Gasteiger partial charge on any atom is -0.489 e. The standard InChI is InChI=1S/C31H25ClFNO4/c32-26-3-1-2-22(16-26)23-8-9-24-17-31(30(36)37,18-25(24)15-23)34-29(35)14-20-6-12-28(13-7-20)38-19-21-4-10-27(33)11-5-21/h1-13,15-16H,14,17-19H2,(H,34,35)(H,36,37). The lowest BCUT2D eigenvalue weighted by atomic mass is 9.95. The topological polar surface area (TPSA) is 75.6 Å². The van der Waals surface area contributed by atoms with E-state index in [2.05, 4.69) is 5.32 Å². The molecule has 4 aromatic carbocycles. The van der Waals surface area contributed by atoms with Crippen molar-refractivity contribution < 1.29 is 23.8 Å². The third kappa shape index (κ3) is 5.71. The SMILES string of the molecule is O=C(Cc1ccc(OCc2ccc(F)cc2)cc1)NC1(C(=O)O)Cc2ccc(-c3cccc(Cl)c3)cc2C1. The van der Waals surface area contributed by atoms with Gasteiger partial charge in [-0.15, -0.1) is 0 Å². The van der Waals surface area contributed by atoms with Crippen LogP contribution < -0.4 is 10.1 Å². The van der Waals surface area contributed by atoms with Crippen LogP contribution in [-0.2, 0) is 35.5 Å². The normalized spacial score (nSPS) is 16.1. The van der Waals surface area contributed by atoms with Crippen LogP contribution in [-0.4, -0.2) is 22.5 Å². The van der Waals surface area contributed by atoms with Gasteiger partial charge >= 0.3 is 5.97 Å². The Morgan fingerprint density at radius 1 is 0.868 bits per heavy atom. The second-order valence-corrected chi connectivity index (χ2v) is 9.96. The third-order valence-corrected chi connectivity index (χ3v) is 6.98. The van der Waals surface area contributed by atoms with Crippen molar-refractivity contribution in [2.24, 2.45) is 0 Å². The van der Waals surface area contributed by atoms with Crippen molar-refractivity contribution in [2.45, 2.75) is 31.4 Å². The summed E-state index contributed by atoms with van der Waals surface area (Å²) in [4.78, 5) is 25.3. The minimum atomic E-state index is -1.40. The first kappa shape index (κ1) is 25.5. The molecule has 0 fully saturated rings. The molecule has 7 heteroatoms. The summed E-state index contributed by atoms with van der Waals surface area (Å²) in [7, 11) is 0. The van der Waals surface area contributed by atoms with Crippen LogP contribution >= 0.6 is 11.6 Å². The third-order valence-electron chi connectivity index (χ3n) is 6.74. The lowest BCUT2D eigenvalue weighted by molar-refractivity contribution is -0.147. The van der Waals surface area contributed by atoms with Gasteiger partial charge in [-0.25, -0.2) is 9.18 Å². The maximum Gasteiger partial charge on any atom is 0.330 e. The van der Waals surface area contributed by atoms with Crippen molar-refractivity contribution in [3.05, 3.63) is 124 Å². The van der Waals surface area contributed by atoms with Crippen molar-refractivity contribution in [3.63, 3.8) is 0 Å². The van der Waals surface area contributed by atoms with Gasteiger partial charge in [0, 0.05) is 17.9 Å². The van der Waals surface area contributed by atoms with Crippen molar-refractivity contribution >= 4 is 23.5 Å². The van der Waals surface area contributed by atoms with E-state index in [1.54, 1.807) is 42.5 Å². The summed E-state index contributed by atoms with van der Waals surface area (Å²) < 4.78 is 18.8. The molecule has 192 valence electrons. The van der Waals surface area contributed by atoms with E-state index in [0.717, 1.165) is 33.4 Å². The van der Waals surface area contributed by atoms with Crippen molar-refractivity contribution in [1.29, 1.82) is 0 Å². The van der Waals surface area contributed by atoms with Gasteiger partial charge in [-0.1, -0.05) is 66.2 Å². The first-order valence-corrected chi connectivity index (χ1v) is 12.6. The summed E-state index contributed by atoms with van der Waals surface area (Å²) in [5, 5.41) is 13.5. The number of halogens is 2. The van der Waals surface area contributed by atoms with Crippen molar-refractivity contribution in [2.75, 3.05) is 0 Å². The van der Waals surface area contributed by atoms with E-state index in [1.165, 1.54) is 12.1 Å². The molecule has 0 saturated heterocycles. The molecule has 0 radical (unpaired) electrons. The molecule has 5 nitrogen and oxygen atoms in total. The molecule has 2 N–H and O–H groups in total. The smallest absolute Gasteiger partial charge is 0.330 e. The Bertz CT molecular complexity index is 1490. The van der Waals surface area contributed by atoms with E-state index < -0.39 is 11.5 Å². The Hall–Kier alpha value is -4.16. The molecule has 1 aliphatic carbocycles. The van der Waals surface area contributed by atoms with Crippen LogP contribution in [0.1, 0.15) is 22.3 Å². The van der Waals surface area contributed by atoms with Crippen LogP contribution in [0.25, 0.3) is 11.1 Å². The van der Waals surface area contributed by atoms with Crippen molar-refractivity contribution in [1.82, 2.24) is 5.32 Å². The van der Waals surface area contributed by atoms with Crippen LogP contribution in [0.4, 0.5) is 4.39 Å². The van der Waals surface area contributed by atoms with Gasteiger partial charge < -0.3 is 15.2 Å². The fourth-order valence-corrected chi connectivity index (χ4v) is 4.95. The molecule has 1 unspecified atom stereocenters. The van der Waals surface area contributed by atoms with Gasteiger partial charge in [-0.3, -0.25) is 4.79 Å². The van der Waals surface area contributed by atoms with Gasteiger partial charge in [0.15, 0.2) is 0 Å². The maximum atomic E-state index is 13.0. The quantitative estimate of drug-likeness (QED) is 0.293. The van der Waals surface area contributed by atoms with E-state index in [1.807, 2.05) is 36.4 Å². The Morgan fingerprint density at radius 3 is 2.26 bits per heavy atom. The molecule has 5 rings (SSSR count). The number of carboxylic acids is 1. The Kier molecular flexibility index (Phi) is 7.16. The predicted molar refractivity (Wildman–Crippen MR) is 144 cm³/mol. The van der Waals surface area contributed by atoms with Gasteiger partial charge in [0.25, 0.3) is 0 Å². The number of hydrogen-bond acceptors (Lipinski definition) is 3. The van der Waals surface area contributed by atoms with Crippen LogP contribution in [0.5, 0.6) is 5.75 Å². The summed E-state index contributed by atoms with van der Waals surface area (Å²) in [5.74, 6) is -1.11. The first-order valence-electron chi connectivity index (χ1n) is 12.2. The molecular formula is C31H25ClFNO4. The number of hydrogen-bond donors (Lipinski definition) is 2. The Labute approximate surface area is 224 Å². The van der Waals surface area contributed by atoms with Crippen LogP contribution in [0, 0.1) is 5.82 Å². The zero-order valence-corrected chi connectivity index (χ0v) is 21.2. The Morgan fingerprint density at radius 2 is 1.55 bits per heavy atom. The van der Waals surface area contributed by atoms with Crippen LogP contribution in [0.15, 0.2) is 91.0 Å². The fraction of sp³-hybridized carbons (Fsp3) is 0.161. The second-order valence-electron chi connectivity index (χ2n) is 9.52.